The van der Waals surface area contributed by atoms with Gasteiger partial charge in [0.2, 0.25) is 0 Å². The number of fused-ring (bicyclic) bond motifs is 2. The molecule has 0 N–H and O–H groups in total. The first-order chi connectivity index (χ1) is 4.98. The van der Waals surface area contributed by atoms with Gasteiger partial charge in [-0.25, -0.2) is 0 Å². The Bertz CT molecular complexity index is 180. The van der Waals surface area contributed by atoms with Gasteiger partial charge in [0.1, 0.15) is 0 Å². The molecular weight excluding hydrogens is 132 g/mol. The maximum absolute atomic E-state index is 2.49. The van der Waals surface area contributed by atoms with Crippen LogP contribution in [-0.4, -0.2) is 0 Å². The molecule has 0 aromatic carbocycles. The summed E-state index contributed by atoms with van der Waals surface area (Å²) in [5.41, 5.74) is 1.32. The fourth-order valence-electron chi connectivity index (χ4n) is 3.43. The molecule has 3 aliphatic rings. The van der Waals surface area contributed by atoms with E-state index in [2.05, 4.69) is 27.7 Å². The number of rotatable bonds is 0. The highest BCUT2D eigenvalue weighted by Gasteiger charge is 2.61. The lowest BCUT2D eigenvalue weighted by Crippen LogP contribution is -2.59. The van der Waals surface area contributed by atoms with Crippen LogP contribution < -0.4 is 0 Å². The fourth-order valence-corrected chi connectivity index (χ4v) is 3.43. The van der Waals surface area contributed by atoms with Crippen LogP contribution in [0.5, 0.6) is 0 Å². The van der Waals surface area contributed by atoms with E-state index in [1.165, 1.54) is 19.3 Å². The predicted molar refractivity (Wildman–Crippen MR) is 48.4 cm³/mol. The monoisotopic (exact) mass is 152 g/mol. The second-order valence-electron chi connectivity index (χ2n) is 5.52. The Kier molecular flexibility index (Phi) is 1.28. The SMILES string of the molecule is CC1CC[C@@H]2C[C@@]1(C)C2(C)C. The van der Waals surface area contributed by atoms with Gasteiger partial charge in [0, 0.05) is 0 Å². The van der Waals surface area contributed by atoms with Crippen molar-refractivity contribution in [2.45, 2.75) is 47.0 Å². The molecule has 0 aromatic rings. The number of hydrogen-bond donors (Lipinski definition) is 0. The summed E-state index contributed by atoms with van der Waals surface area (Å²) in [6, 6.07) is 0. The zero-order valence-electron chi connectivity index (χ0n) is 8.28. The summed E-state index contributed by atoms with van der Waals surface area (Å²) in [5, 5.41) is 0. The van der Waals surface area contributed by atoms with Gasteiger partial charge in [0.05, 0.1) is 0 Å². The van der Waals surface area contributed by atoms with Crippen LogP contribution in [0.1, 0.15) is 47.0 Å². The first kappa shape index (κ1) is 7.64. The van der Waals surface area contributed by atoms with Gasteiger partial charge in [0.15, 0.2) is 0 Å². The van der Waals surface area contributed by atoms with E-state index in [-0.39, 0.29) is 0 Å². The predicted octanol–water partition coefficient (Wildman–Crippen LogP) is 3.47. The highest BCUT2D eigenvalue weighted by atomic mass is 14.7. The molecule has 0 heterocycles. The van der Waals surface area contributed by atoms with Crippen LogP contribution in [0.2, 0.25) is 0 Å². The van der Waals surface area contributed by atoms with Crippen molar-refractivity contribution in [1.29, 1.82) is 0 Å². The molecule has 1 unspecified atom stereocenters. The standard InChI is InChI=1S/C11H20/c1-8-5-6-9-7-11(8,4)10(9,2)3/h8-9H,5-7H2,1-4H3/t8?,9-,11-/m1/s1. The van der Waals surface area contributed by atoms with Gasteiger partial charge in [0.25, 0.3) is 0 Å². The van der Waals surface area contributed by atoms with E-state index in [0.717, 1.165) is 11.8 Å². The summed E-state index contributed by atoms with van der Waals surface area (Å²) in [6.45, 7) is 9.87. The van der Waals surface area contributed by atoms with Crippen LogP contribution >= 0.6 is 0 Å². The summed E-state index contributed by atoms with van der Waals surface area (Å²) in [4.78, 5) is 0. The van der Waals surface area contributed by atoms with Crippen molar-refractivity contribution in [3.8, 4) is 0 Å². The van der Waals surface area contributed by atoms with E-state index >= 15 is 0 Å². The molecule has 0 amide bonds. The molecule has 3 fully saturated rings. The minimum Gasteiger partial charge on any atom is -0.0620 e. The van der Waals surface area contributed by atoms with Crippen molar-refractivity contribution in [3.05, 3.63) is 0 Å². The summed E-state index contributed by atoms with van der Waals surface area (Å²) < 4.78 is 0. The lowest BCUT2D eigenvalue weighted by atomic mass is 9.38. The maximum atomic E-state index is 2.49. The van der Waals surface area contributed by atoms with Crippen molar-refractivity contribution in [3.63, 3.8) is 0 Å². The molecule has 3 aliphatic carbocycles. The van der Waals surface area contributed by atoms with Crippen LogP contribution in [0.25, 0.3) is 0 Å². The topological polar surface area (TPSA) is 0 Å². The molecule has 0 heteroatoms. The lowest BCUT2D eigenvalue weighted by molar-refractivity contribution is -0.181. The van der Waals surface area contributed by atoms with E-state index in [1.807, 2.05) is 0 Å². The highest BCUT2D eigenvalue weighted by molar-refractivity contribution is 5.10. The minimum atomic E-state index is 0.644. The van der Waals surface area contributed by atoms with E-state index in [9.17, 15) is 0 Å². The Morgan fingerprint density at radius 2 is 1.73 bits per heavy atom. The molecule has 2 bridgehead atoms. The Labute approximate surface area is 70.4 Å². The molecule has 0 radical (unpaired) electrons. The number of hydrogen-bond acceptors (Lipinski definition) is 0. The van der Waals surface area contributed by atoms with Crippen molar-refractivity contribution in [1.82, 2.24) is 0 Å². The Morgan fingerprint density at radius 1 is 1.09 bits per heavy atom. The summed E-state index contributed by atoms with van der Waals surface area (Å²) in [7, 11) is 0. The van der Waals surface area contributed by atoms with Crippen molar-refractivity contribution in [2.75, 3.05) is 0 Å². The average molecular weight is 152 g/mol. The van der Waals surface area contributed by atoms with Crippen molar-refractivity contribution < 1.29 is 0 Å². The second-order valence-corrected chi connectivity index (χ2v) is 5.52. The van der Waals surface area contributed by atoms with Gasteiger partial charge in [-0.1, -0.05) is 27.7 Å². The maximum Gasteiger partial charge on any atom is -0.0243 e. The Hall–Kier alpha value is 0. The third-order valence-corrected chi connectivity index (χ3v) is 5.20. The molecule has 3 rings (SSSR count). The Morgan fingerprint density at radius 3 is 2.09 bits per heavy atom. The zero-order chi connectivity index (χ0) is 8.28. The largest absolute Gasteiger partial charge is 0.0620 e. The van der Waals surface area contributed by atoms with Crippen molar-refractivity contribution >= 4 is 0 Å². The van der Waals surface area contributed by atoms with E-state index in [4.69, 9.17) is 0 Å². The molecule has 0 aliphatic heterocycles. The molecule has 64 valence electrons. The van der Waals surface area contributed by atoms with Crippen LogP contribution in [0.3, 0.4) is 0 Å². The average Bonchev–Trinajstić information content (AvgIpc) is 1.94. The van der Waals surface area contributed by atoms with Crippen LogP contribution in [0, 0.1) is 22.7 Å². The first-order valence-corrected chi connectivity index (χ1v) is 4.98. The van der Waals surface area contributed by atoms with Gasteiger partial charge >= 0.3 is 0 Å². The van der Waals surface area contributed by atoms with Gasteiger partial charge in [-0.2, -0.15) is 0 Å². The fraction of sp³-hybridized carbons (Fsp3) is 1.00. The van der Waals surface area contributed by atoms with E-state index in [1.54, 1.807) is 0 Å². The Balaban J connectivity index is 2.28. The van der Waals surface area contributed by atoms with Gasteiger partial charge in [-0.15, -0.1) is 0 Å². The summed E-state index contributed by atoms with van der Waals surface area (Å²) >= 11 is 0. The van der Waals surface area contributed by atoms with Crippen molar-refractivity contribution in [2.24, 2.45) is 22.7 Å². The van der Waals surface area contributed by atoms with Gasteiger partial charge in [-0.3, -0.25) is 0 Å². The van der Waals surface area contributed by atoms with Crippen LogP contribution in [0.15, 0.2) is 0 Å². The normalized spacial score (nSPS) is 53.5. The first-order valence-electron chi connectivity index (χ1n) is 4.98. The molecule has 11 heavy (non-hydrogen) atoms. The molecule has 0 spiro atoms. The van der Waals surface area contributed by atoms with Gasteiger partial charge in [-0.05, 0) is 41.9 Å². The quantitative estimate of drug-likeness (QED) is 0.498. The third kappa shape index (κ3) is 0.666. The molecular formula is C11H20. The molecule has 0 aromatic heterocycles. The minimum absolute atomic E-state index is 0.644. The molecule has 3 atom stereocenters. The second kappa shape index (κ2) is 1.84. The summed E-state index contributed by atoms with van der Waals surface area (Å²) in [5.74, 6) is 2.01. The third-order valence-electron chi connectivity index (χ3n) is 5.20. The van der Waals surface area contributed by atoms with Crippen LogP contribution in [-0.2, 0) is 0 Å². The highest BCUT2D eigenvalue weighted by Crippen LogP contribution is 2.69. The molecule has 0 saturated heterocycles. The van der Waals surface area contributed by atoms with Crippen LogP contribution in [0.4, 0.5) is 0 Å². The lowest BCUT2D eigenvalue weighted by Gasteiger charge is -2.67. The smallest absolute Gasteiger partial charge is 0.0243 e. The van der Waals surface area contributed by atoms with E-state index in [0.29, 0.717) is 10.8 Å². The summed E-state index contributed by atoms with van der Waals surface area (Å²) in [6.07, 6.45) is 4.47. The van der Waals surface area contributed by atoms with Gasteiger partial charge < -0.3 is 0 Å². The molecule has 3 saturated carbocycles. The molecule has 0 nitrogen and oxygen atoms in total. The van der Waals surface area contributed by atoms with E-state index < -0.39 is 0 Å². The zero-order valence-corrected chi connectivity index (χ0v) is 8.28.